The summed E-state index contributed by atoms with van der Waals surface area (Å²) in [6.45, 7) is 5.10. The fourth-order valence-electron chi connectivity index (χ4n) is 4.96. The van der Waals surface area contributed by atoms with Crippen LogP contribution in [0.1, 0.15) is 44.9 Å². The lowest BCUT2D eigenvalue weighted by molar-refractivity contribution is -0.126. The molecular formula is C42H43Cl4FN6O10S2. The molecule has 0 bridgehead atoms. The quantitative estimate of drug-likeness (QED) is 0.0628. The molecule has 1 amide bonds. The zero-order chi connectivity index (χ0) is 47.8. The number of rotatable bonds is 8. The highest BCUT2D eigenvalue weighted by Crippen LogP contribution is 2.32. The monoisotopic (exact) mass is 1010 g/mol. The van der Waals surface area contributed by atoms with Gasteiger partial charge in [-0.25, -0.2) is 26.7 Å². The molecule has 0 fully saturated rings. The highest BCUT2D eigenvalue weighted by molar-refractivity contribution is 8.13. The van der Waals surface area contributed by atoms with Gasteiger partial charge in [0.25, 0.3) is 19.1 Å². The van der Waals surface area contributed by atoms with Crippen LogP contribution in [0.25, 0.3) is 21.9 Å². The third kappa shape index (κ3) is 16.3. The summed E-state index contributed by atoms with van der Waals surface area (Å²) in [7, 11) is 0.460. The number of methoxy groups -OCH3 is 2. The molecule has 2 heterocycles. The summed E-state index contributed by atoms with van der Waals surface area (Å²) >= 11 is 17.2. The van der Waals surface area contributed by atoms with Crippen LogP contribution >= 0.6 is 45.5 Å². The van der Waals surface area contributed by atoms with Crippen molar-refractivity contribution in [2.24, 2.45) is 0 Å². The predicted molar refractivity (Wildman–Crippen MR) is 250 cm³/mol. The number of hydrogen-bond acceptors (Lipinski definition) is 14. The van der Waals surface area contributed by atoms with Gasteiger partial charge in [-0.2, -0.15) is 5.26 Å². The van der Waals surface area contributed by atoms with E-state index in [9.17, 15) is 26.0 Å². The number of amides is 1. The van der Waals surface area contributed by atoms with Crippen LogP contribution in [0.2, 0.25) is 15.1 Å². The molecule has 5 N–H and O–H groups in total. The van der Waals surface area contributed by atoms with Crippen LogP contribution in [0.4, 0.5) is 16.0 Å². The van der Waals surface area contributed by atoms with E-state index in [2.05, 4.69) is 15.0 Å². The first-order valence-corrected chi connectivity index (χ1v) is 23.1. The number of anilines is 2. The molecule has 7 rings (SSSR count). The highest BCUT2D eigenvalue weighted by atomic mass is 35.7. The van der Waals surface area contributed by atoms with Crippen molar-refractivity contribution < 1.29 is 49.7 Å². The van der Waals surface area contributed by atoms with Gasteiger partial charge in [0.15, 0.2) is 22.8 Å². The number of nitriles is 1. The van der Waals surface area contributed by atoms with Gasteiger partial charge in [0.2, 0.25) is 5.91 Å². The second-order valence-electron chi connectivity index (χ2n) is 12.5. The minimum absolute atomic E-state index is 0. The number of benzene rings is 5. The van der Waals surface area contributed by atoms with E-state index in [0.717, 1.165) is 22.9 Å². The average Bonchev–Trinajstić information content (AvgIpc) is 3.85. The molecule has 65 heavy (non-hydrogen) atoms. The Balaban J connectivity index is 0.000000303. The van der Waals surface area contributed by atoms with E-state index in [-0.39, 0.29) is 40.1 Å². The molecule has 0 unspecified atom stereocenters. The maximum Gasteiger partial charge on any atom is 0.266 e. The third-order valence-electron chi connectivity index (χ3n) is 8.15. The number of nitrogens with two attached hydrogens (primary N) is 1. The van der Waals surface area contributed by atoms with Crippen molar-refractivity contribution in [3.05, 3.63) is 129 Å². The Hall–Kier alpha value is -5.85. The number of aryl methyl sites for hydroxylation is 2. The number of fused-ring (bicyclic) bond motifs is 2. The number of aromatic nitrogens is 2. The van der Waals surface area contributed by atoms with Crippen LogP contribution in [0.3, 0.4) is 0 Å². The molecule has 0 aliphatic heterocycles. The maximum atomic E-state index is 12.8. The average molecular weight is 1020 g/mol. The van der Waals surface area contributed by atoms with Crippen LogP contribution in [0.5, 0.6) is 11.5 Å². The zero-order valence-electron chi connectivity index (χ0n) is 34.3. The number of carbonyl (C=O) groups is 1. The first-order valence-electron chi connectivity index (χ1n) is 18.1. The molecule has 0 aliphatic rings. The molecule has 0 radical (unpaired) electrons. The number of halogens is 5. The Bertz CT molecular complexity index is 2980. The van der Waals surface area contributed by atoms with Gasteiger partial charge in [-0.3, -0.25) is 14.7 Å². The molecule has 16 nitrogen and oxygen atoms in total. The van der Waals surface area contributed by atoms with E-state index in [4.69, 9.17) is 80.2 Å². The van der Waals surface area contributed by atoms with Crippen molar-refractivity contribution in [3.63, 3.8) is 0 Å². The lowest BCUT2D eigenvalue weighted by atomic mass is 10.2. The first-order chi connectivity index (χ1) is 30.2. The van der Waals surface area contributed by atoms with Gasteiger partial charge in [-0.05, 0) is 103 Å². The molecule has 23 heteroatoms. The van der Waals surface area contributed by atoms with Crippen molar-refractivity contribution in [1.82, 2.24) is 15.8 Å². The Kier molecular flexibility index (Phi) is 21.8. The summed E-state index contributed by atoms with van der Waals surface area (Å²) in [6.07, 6.45) is 1.46. The van der Waals surface area contributed by atoms with Gasteiger partial charge in [0.05, 0.1) is 30.6 Å². The standard InChI is InChI=1S/C16H15ClN2O4S.C9H11ClO3S.C7H3ClFN.C7H5ClN2O.C2H5NO2.CH4/c1-3-10-4-6-14(22-2)15(8-10)24(20,21)19-16-12-9-11(17)5-7-13(12)23-18-16;1-3-7-4-5-8(13-2)9(6-7)14(10,11)12;8-6-1-2-7(9)5(3-6)4-10;8-4-1-2-6-5(3-4)7(9)10-11-6;1-2(4)3-5;/h4-9H,3H2,1-2H3,(H,18,19);4-6H,3H2,1-2H3;1-3H;1-3H,(H2,9,10);5H,1H3,(H,3,4);1H4. The summed E-state index contributed by atoms with van der Waals surface area (Å²) in [4.78, 5) is 9.52. The topological polar surface area (TPSA) is 250 Å². The third-order valence-corrected chi connectivity index (χ3v) is 11.6. The number of nitrogen functional groups attached to an aromatic ring is 1. The van der Waals surface area contributed by atoms with Crippen molar-refractivity contribution in [2.75, 3.05) is 24.7 Å². The predicted octanol–water partition coefficient (Wildman–Crippen LogP) is 10.6. The maximum absolute atomic E-state index is 12.8. The van der Waals surface area contributed by atoms with Crippen LogP contribution in [0, 0.1) is 17.1 Å². The summed E-state index contributed by atoms with van der Waals surface area (Å²) in [5, 5.41) is 25.9. The molecule has 0 saturated carbocycles. The van der Waals surface area contributed by atoms with Crippen molar-refractivity contribution in [3.8, 4) is 17.6 Å². The lowest BCUT2D eigenvalue weighted by Crippen LogP contribution is -2.15. The van der Waals surface area contributed by atoms with E-state index < -0.39 is 30.8 Å². The molecular weight excluding hydrogens is 973 g/mol. The van der Waals surface area contributed by atoms with E-state index in [1.807, 2.05) is 26.0 Å². The largest absolute Gasteiger partial charge is 0.495 e. The number of nitrogens with one attached hydrogen (secondary N) is 2. The number of hydrogen-bond donors (Lipinski definition) is 4. The fourth-order valence-corrected chi connectivity index (χ4v) is 7.76. The van der Waals surface area contributed by atoms with Gasteiger partial charge < -0.3 is 24.3 Å². The minimum atomic E-state index is -3.90. The number of carbonyl (C=O) groups excluding carboxylic acids is 1. The van der Waals surface area contributed by atoms with Gasteiger partial charge in [-0.1, -0.05) is 78.5 Å². The molecule has 7 aromatic rings. The van der Waals surface area contributed by atoms with E-state index in [0.29, 0.717) is 43.9 Å². The van der Waals surface area contributed by atoms with E-state index in [1.165, 1.54) is 50.9 Å². The summed E-state index contributed by atoms with van der Waals surface area (Å²) in [5.41, 5.74) is 9.73. The molecule has 0 saturated heterocycles. The zero-order valence-corrected chi connectivity index (χ0v) is 39.0. The van der Waals surface area contributed by atoms with Crippen LogP contribution in [0.15, 0.2) is 110 Å². The lowest BCUT2D eigenvalue weighted by Gasteiger charge is -2.11. The SMILES string of the molecule is C.CC(=O)NO.CCc1ccc(OC)c(S(=O)(=O)Cl)c1.CCc1ccc(OC)c(S(=O)(=O)Nc2noc3ccc(Cl)cc23)c1.N#Cc1cc(Cl)ccc1F.Nc1noc2ccc(Cl)cc12. The number of hydroxylamine groups is 1. The summed E-state index contributed by atoms with van der Waals surface area (Å²) < 4.78 is 82.9. The number of sulfonamides is 1. The molecule has 0 aliphatic carbocycles. The first kappa shape index (κ1) is 55.3. The van der Waals surface area contributed by atoms with Gasteiger partial charge in [0, 0.05) is 32.7 Å². The minimum Gasteiger partial charge on any atom is -0.495 e. The second kappa shape index (κ2) is 25.6. The van der Waals surface area contributed by atoms with Crippen molar-refractivity contribution >= 4 is 104 Å². The van der Waals surface area contributed by atoms with Gasteiger partial charge in [0.1, 0.15) is 33.2 Å². The number of ether oxygens (including phenoxy) is 2. The van der Waals surface area contributed by atoms with Gasteiger partial charge >= 0.3 is 0 Å². The fraction of sp³-hybridized carbons (Fsp3) is 0.190. The van der Waals surface area contributed by atoms with E-state index in [1.54, 1.807) is 60.7 Å². The van der Waals surface area contributed by atoms with Crippen LogP contribution in [-0.4, -0.2) is 52.5 Å². The normalized spacial score (nSPS) is 10.4. The Morgan fingerprint density at radius 2 is 1.25 bits per heavy atom. The molecule has 5 aromatic carbocycles. The second-order valence-corrected chi connectivity index (χ2v) is 18.0. The smallest absolute Gasteiger partial charge is 0.266 e. The molecule has 2 aromatic heterocycles. The van der Waals surface area contributed by atoms with E-state index >= 15 is 0 Å². The van der Waals surface area contributed by atoms with Gasteiger partial charge in [-0.15, -0.1) is 0 Å². The Morgan fingerprint density at radius 3 is 1.72 bits per heavy atom. The summed E-state index contributed by atoms with van der Waals surface area (Å²) in [6, 6.07) is 25.6. The molecule has 0 spiro atoms. The van der Waals surface area contributed by atoms with Crippen LogP contribution < -0.4 is 25.4 Å². The van der Waals surface area contributed by atoms with Crippen LogP contribution in [-0.2, 0) is 36.7 Å². The van der Waals surface area contributed by atoms with Crippen molar-refractivity contribution in [1.29, 1.82) is 5.26 Å². The number of nitrogens with zero attached hydrogens (tertiary/aromatic N) is 3. The Morgan fingerprint density at radius 1 is 0.785 bits per heavy atom. The summed E-state index contributed by atoms with van der Waals surface area (Å²) in [5.74, 6) is 0.0126. The Labute approximate surface area is 394 Å². The molecule has 0 atom stereocenters. The van der Waals surface area contributed by atoms with Crippen molar-refractivity contribution in [2.45, 2.75) is 50.8 Å². The molecule has 348 valence electrons. The highest BCUT2D eigenvalue weighted by Gasteiger charge is 2.23.